The van der Waals surface area contributed by atoms with Gasteiger partial charge in [-0.2, -0.15) is 0 Å². The second kappa shape index (κ2) is 5.37. The third-order valence-corrected chi connectivity index (χ3v) is 3.17. The molecule has 1 unspecified atom stereocenters. The van der Waals surface area contributed by atoms with Gasteiger partial charge in [0.1, 0.15) is 5.82 Å². The van der Waals surface area contributed by atoms with Crippen molar-refractivity contribution in [2.24, 2.45) is 11.7 Å². The average molecular weight is 221 g/mol. The molecule has 0 aliphatic heterocycles. The summed E-state index contributed by atoms with van der Waals surface area (Å²) >= 11 is 0. The van der Waals surface area contributed by atoms with Crippen molar-refractivity contribution < 1.29 is 4.74 Å². The lowest BCUT2D eigenvalue weighted by Crippen LogP contribution is -2.23. The molecule has 0 spiro atoms. The molecule has 0 saturated carbocycles. The minimum atomic E-state index is 0.612. The van der Waals surface area contributed by atoms with E-state index in [1.807, 2.05) is 6.20 Å². The summed E-state index contributed by atoms with van der Waals surface area (Å²) in [5.41, 5.74) is 8.19. The number of ether oxygens (including phenoxy) is 1. The van der Waals surface area contributed by atoms with Crippen molar-refractivity contribution in [2.75, 3.05) is 20.3 Å². The molecular formula is C12H19N3O. The van der Waals surface area contributed by atoms with Crippen molar-refractivity contribution in [3.63, 3.8) is 0 Å². The quantitative estimate of drug-likeness (QED) is 0.814. The maximum atomic E-state index is 5.70. The van der Waals surface area contributed by atoms with E-state index in [4.69, 9.17) is 10.5 Å². The summed E-state index contributed by atoms with van der Waals surface area (Å²) in [6, 6.07) is 0. The van der Waals surface area contributed by atoms with Crippen LogP contribution in [0.4, 0.5) is 0 Å². The van der Waals surface area contributed by atoms with Crippen LogP contribution in [0.3, 0.4) is 0 Å². The minimum absolute atomic E-state index is 0.612. The molecule has 0 amide bonds. The normalized spacial score (nSPS) is 19.5. The van der Waals surface area contributed by atoms with E-state index in [0.717, 1.165) is 38.1 Å². The van der Waals surface area contributed by atoms with Crippen LogP contribution in [-0.4, -0.2) is 30.2 Å². The Labute approximate surface area is 96.2 Å². The zero-order chi connectivity index (χ0) is 11.4. The van der Waals surface area contributed by atoms with Crippen LogP contribution >= 0.6 is 0 Å². The lowest BCUT2D eigenvalue weighted by molar-refractivity contribution is 0.200. The Morgan fingerprint density at radius 3 is 3.19 bits per heavy atom. The van der Waals surface area contributed by atoms with E-state index < -0.39 is 0 Å². The van der Waals surface area contributed by atoms with Gasteiger partial charge in [0.25, 0.3) is 0 Å². The fourth-order valence-corrected chi connectivity index (χ4v) is 2.14. The Hall–Kier alpha value is -1.00. The topological polar surface area (TPSA) is 61.0 Å². The van der Waals surface area contributed by atoms with Crippen LogP contribution in [0.1, 0.15) is 23.5 Å². The summed E-state index contributed by atoms with van der Waals surface area (Å²) in [4.78, 5) is 8.95. The Kier molecular flexibility index (Phi) is 3.85. The predicted molar refractivity (Wildman–Crippen MR) is 62.2 cm³/mol. The van der Waals surface area contributed by atoms with Gasteiger partial charge in [-0.1, -0.05) is 0 Å². The Morgan fingerprint density at radius 2 is 2.44 bits per heavy atom. The van der Waals surface area contributed by atoms with Gasteiger partial charge >= 0.3 is 0 Å². The molecule has 1 atom stereocenters. The number of aromatic nitrogens is 2. The number of methoxy groups -OCH3 is 1. The van der Waals surface area contributed by atoms with Crippen molar-refractivity contribution in [1.29, 1.82) is 0 Å². The summed E-state index contributed by atoms with van der Waals surface area (Å²) in [7, 11) is 1.70. The smallest absolute Gasteiger partial charge is 0.130 e. The average Bonchev–Trinajstić information content (AvgIpc) is 2.35. The largest absolute Gasteiger partial charge is 0.384 e. The molecule has 2 N–H and O–H groups in total. The summed E-state index contributed by atoms with van der Waals surface area (Å²) < 4.78 is 5.03. The highest BCUT2D eigenvalue weighted by Gasteiger charge is 2.19. The molecule has 1 heterocycles. The van der Waals surface area contributed by atoms with Crippen molar-refractivity contribution >= 4 is 0 Å². The summed E-state index contributed by atoms with van der Waals surface area (Å²) in [6.45, 7) is 1.45. The molecule has 4 heteroatoms. The van der Waals surface area contributed by atoms with Crippen molar-refractivity contribution in [3.05, 3.63) is 23.3 Å². The highest BCUT2D eigenvalue weighted by Crippen LogP contribution is 2.22. The molecule has 0 radical (unpaired) electrons. The second-order valence-electron chi connectivity index (χ2n) is 4.35. The van der Waals surface area contributed by atoms with Gasteiger partial charge in [0.15, 0.2) is 0 Å². The van der Waals surface area contributed by atoms with E-state index >= 15 is 0 Å². The van der Waals surface area contributed by atoms with E-state index in [0.29, 0.717) is 12.5 Å². The standard InChI is InChI=1S/C12H19N3O/c1-16-5-4-12-14-8-10-6-9(7-13)2-3-11(10)15-12/h8-9H,2-7,13H2,1H3. The van der Waals surface area contributed by atoms with Gasteiger partial charge in [-0.3, -0.25) is 0 Å². The first-order chi connectivity index (χ1) is 7.83. The molecule has 1 aliphatic rings. The van der Waals surface area contributed by atoms with Crippen molar-refractivity contribution in [1.82, 2.24) is 9.97 Å². The molecule has 1 aromatic rings. The summed E-state index contributed by atoms with van der Waals surface area (Å²) in [5, 5.41) is 0. The first kappa shape index (κ1) is 11.5. The molecule has 0 bridgehead atoms. The van der Waals surface area contributed by atoms with Crippen molar-refractivity contribution in [3.8, 4) is 0 Å². The minimum Gasteiger partial charge on any atom is -0.384 e. The van der Waals surface area contributed by atoms with Crippen LogP contribution < -0.4 is 5.73 Å². The molecular weight excluding hydrogens is 202 g/mol. The van der Waals surface area contributed by atoms with E-state index in [2.05, 4.69) is 9.97 Å². The Morgan fingerprint density at radius 1 is 1.56 bits per heavy atom. The number of fused-ring (bicyclic) bond motifs is 1. The summed E-state index contributed by atoms with van der Waals surface area (Å²) in [6.07, 6.45) is 6.00. The maximum Gasteiger partial charge on any atom is 0.130 e. The highest BCUT2D eigenvalue weighted by molar-refractivity contribution is 5.21. The number of nitrogens with zero attached hydrogens (tertiary/aromatic N) is 2. The van der Waals surface area contributed by atoms with Crippen LogP contribution in [0.2, 0.25) is 0 Å². The van der Waals surface area contributed by atoms with Gasteiger partial charge in [-0.25, -0.2) is 9.97 Å². The highest BCUT2D eigenvalue weighted by atomic mass is 16.5. The molecule has 1 aliphatic carbocycles. The number of aryl methyl sites for hydroxylation is 1. The first-order valence-electron chi connectivity index (χ1n) is 5.86. The van der Waals surface area contributed by atoms with Gasteiger partial charge in [-0.15, -0.1) is 0 Å². The first-order valence-corrected chi connectivity index (χ1v) is 5.86. The lowest BCUT2D eigenvalue weighted by atomic mass is 9.87. The SMILES string of the molecule is COCCc1ncc2c(n1)CCC(CN)C2. The molecule has 0 saturated heterocycles. The van der Waals surface area contributed by atoms with Crippen LogP contribution in [0.5, 0.6) is 0 Å². The van der Waals surface area contributed by atoms with E-state index in [1.165, 1.54) is 11.3 Å². The van der Waals surface area contributed by atoms with Gasteiger partial charge < -0.3 is 10.5 Å². The zero-order valence-corrected chi connectivity index (χ0v) is 9.78. The Balaban J connectivity index is 2.08. The third kappa shape index (κ3) is 2.57. The van der Waals surface area contributed by atoms with E-state index in [-0.39, 0.29) is 0 Å². The van der Waals surface area contributed by atoms with Gasteiger partial charge in [0, 0.05) is 25.4 Å². The Bertz CT molecular complexity index is 354. The van der Waals surface area contributed by atoms with Crippen LogP contribution in [-0.2, 0) is 24.0 Å². The number of hydrogen-bond donors (Lipinski definition) is 1. The predicted octanol–water partition coefficient (Wildman–Crippen LogP) is 0.729. The molecule has 1 aromatic heterocycles. The molecule has 88 valence electrons. The molecule has 2 rings (SSSR count). The molecule has 4 nitrogen and oxygen atoms in total. The maximum absolute atomic E-state index is 5.70. The van der Waals surface area contributed by atoms with Crippen molar-refractivity contribution in [2.45, 2.75) is 25.7 Å². The number of rotatable bonds is 4. The molecule has 0 aromatic carbocycles. The van der Waals surface area contributed by atoms with Crippen LogP contribution in [0.25, 0.3) is 0 Å². The van der Waals surface area contributed by atoms with Crippen LogP contribution in [0.15, 0.2) is 6.20 Å². The zero-order valence-electron chi connectivity index (χ0n) is 9.78. The second-order valence-corrected chi connectivity index (χ2v) is 4.35. The molecule has 16 heavy (non-hydrogen) atoms. The van der Waals surface area contributed by atoms with Crippen LogP contribution in [0, 0.1) is 5.92 Å². The molecule has 0 fully saturated rings. The lowest BCUT2D eigenvalue weighted by Gasteiger charge is -2.22. The van der Waals surface area contributed by atoms with E-state index in [9.17, 15) is 0 Å². The monoisotopic (exact) mass is 221 g/mol. The van der Waals surface area contributed by atoms with Gasteiger partial charge in [0.2, 0.25) is 0 Å². The van der Waals surface area contributed by atoms with Gasteiger partial charge in [0.05, 0.1) is 6.61 Å². The number of nitrogens with two attached hydrogens (primary N) is 1. The fourth-order valence-electron chi connectivity index (χ4n) is 2.14. The summed E-state index contributed by atoms with van der Waals surface area (Å²) in [5.74, 6) is 1.51. The van der Waals surface area contributed by atoms with E-state index in [1.54, 1.807) is 7.11 Å². The van der Waals surface area contributed by atoms with Gasteiger partial charge in [-0.05, 0) is 37.3 Å². The third-order valence-electron chi connectivity index (χ3n) is 3.17. The number of hydrogen-bond acceptors (Lipinski definition) is 4. The fraction of sp³-hybridized carbons (Fsp3) is 0.667.